The van der Waals surface area contributed by atoms with Crippen molar-refractivity contribution in [1.29, 1.82) is 10.5 Å². The summed E-state index contributed by atoms with van der Waals surface area (Å²) in [5.74, 6) is 0. The molecule has 0 aliphatic heterocycles. The van der Waals surface area contributed by atoms with Gasteiger partial charge in [-0.05, 0) is 30.3 Å². The van der Waals surface area contributed by atoms with Crippen LogP contribution in [0.15, 0.2) is 72.5 Å². The fraction of sp³-hybridized carbons (Fsp3) is 0.0476. The van der Waals surface area contributed by atoms with Gasteiger partial charge in [0.05, 0.1) is 17.3 Å². The summed E-state index contributed by atoms with van der Waals surface area (Å²) in [6, 6.07) is 19.1. The number of allylic oxidation sites excluding steroid dienone is 1. The number of hydrogen-bond donors (Lipinski definition) is 0. The zero-order valence-electron chi connectivity index (χ0n) is 14.2. The standard InChI is InChI=1S/C21H15N5/c1-15(12-22)26-14-18(8-9-20(26)24-2)19-7-4-10-25-21(19)17-6-3-5-16(11-17)13-23/h3-11,14H,1H2,2H3/b24-20-. The van der Waals surface area contributed by atoms with E-state index in [1.807, 2.05) is 48.7 Å². The number of benzene rings is 1. The van der Waals surface area contributed by atoms with Crippen molar-refractivity contribution in [1.82, 2.24) is 9.55 Å². The van der Waals surface area contributed by atoms with Crippen LogP contribution in [0.5, 0.6) is 0 Å². The van der Waals surface area contributed by atoms with Crippen molar-refractivity contribution in [3.8, 4) is 34.5 Å². The smallest absolute Gasteiger partial charge is 0.132 e. The minimum Gasteiger partial charge on any atom is -0.293 e. The van der Waals surface area contributed by atoms with E-state index in [9.17, 15) is 5.26 Å². The molecule has 0 N–H and O–H groups in total. The maximum absolute atomic E-state index is 9.20. The summed E-state index contributed by atoms with van der Waals surface area (Å²) in [6.07, 6.45) is 3.54. The van der Waals surface area contributed by atoms with Crippen molar-refractivity contribution in [3.05, 3.63) is 78.6 Å². The molecule has 0 saturated carbocycles. The third-order valence-corrected chi connectivity index (χ3v) is 3.96. The molecule has 26 heavy (non-hydrogen) atoms. The van der Waals surface area contributed by atoms with Gasteiger partial charge >= 0.3 is 0 Å². The molecule has 2 heterocycles. The maximum Gasteiger partial charge on any atom is 0.132 e. The summed E-state index contributed by atoms with van der Waals surface area (Å²) < 4.78 is 1.65. The molecule has 0 radical (unpaired) electrons. The normalized spacial score (nSPS) is 10.8. The number of nitrogens with zero attached hydrogens (tertiary/aromatic N) is 5. The molecule has 3 aromatic rings. The van der Waals surface area contributed by atoms with E-state index in [4.69, 9.17) is 5.26 Å². The maximum atomic E-state index is 9.20. The van der Waals surface area contributed by atoms with Crippen LogP contribution in [-0.2, 0) is 0 Å². The summed E-state index contributed by atoms with van der Waals surface area (Å²) in [7, 11) is 1.67. The molecule has 0 amide bonds. The van der Waals surface area contributed by atoms with E-state index >= 15 is 0 Å². The van der Waals surface area contributed by atoms with Gasteiger partial charge in [0.15, 0.2) is 0 Å². The van der Waals surface area contributed by atoms with Crippen LogP contribution in [0.25, 0.3) is 28.1 Å². The van der Waals surface area contributed by atoms with Gasteiger partial charge in [0.25, 0.3) is 0 Å². The van der Waals surface area contributed by atoms with E-state index in [-0.39, 0.29) is 5.70 Å². The molecule has 1 aromatic carbocycles. The molecule has 0 spiro atoms. The minimum absolute atomic E-state index is 0.282. The minimum atomic E-state index is 0.282. The highest BCUT2D eigenvalue weighted by Gasteiger charge is 2.11. The Balaban J connectivity index is 2.22. The Morgan fingerprint density at radius 3 is 2.69 bits per heavy atom. The molecule has 0 bridgehead atoms. The molecule has 0 aliphatic rings. The van der Waals surface area contributed by atoms with Crippen molar-refractivity contribution in [2.45, 2.75) is 0 Å². The van der Waals surface area contributed by atoms with Crippen LogP contribution in [0.1, 0.15) is 5.56 Å². The lowest BCUT2D eigenvalue weighted by Gasteiger charge is -2.12. The lowest BCUT2D eigenvalue weighted by molar-refractivity contribution is 0.973. The van der Waals surface area contributed by atoms with Gasteiger partial charge < -0.3 is 0 Å². The van der Waals surface area contributed by atoms with Crippen LogP contribution >= 0.6 is 0 Å². The van der Waals surface area contributed by atoms with Crippen molar-refractivity contribution in [3.63, 3.8) is 0 Å². The van der Waals surface area contributed by atoms with Gasteiger partial charge in [-0.15, -0.1) is 0 Å². The highest BCUT2D eigenvalue weighted by Crippen LogP contribution is 2.30. The second-order valence-electron chi connectivity index (χ2n) is 5.52. The lowest BCUT2D eigenvalue weighted by Crippen LogP contribution is -2.18. The number of rotatable bonds is 3. The van der Waals surface area contributed by atoms with E-state index in [1.54, 1.807) is 23.9 Å². The highest BCUT2D eigenvalue weighted by atomic mass is 15.0. The van der Waals surface area contributed by atoms with Crippen LogP contribution < -0.4 is 5.49 Å². The van der Waals surface area contributed by atoms with E-state index in [0.717, 1.165) is 22.4 Å². The van der Waals surface area contributed by atoms with Gasteiger partial charge in [-0.1, -0.05) is 24.8 Å². The van der Waals surface area contributed by atoms with Crippen LogP contribution in [0.2, 0.25) is 0 Å². The molecule has 5 nitrogen and oxygen atoms in total. The van der Waals surface area contributed by atoms with Gasteiger partial charge in [0.2, 0.25) is 0 Å². The first-order chi connectivity index (χ1) is 12.7. The van der Waals surface area contributed by atoms with Gasteiger partial charge in [-0.3, -0.25) is 14.5 Å². The van der Waals surface area contributed by atoms with E-state index in [2.05, 4.69) is 28.7 Å². The van der Waals surface area contributed by atoms with Crippen LogP contribution in [-0.4, -0.2) is 16.6 Å². The Labute approximate surface area is 151 Å². The Hall–Kier alpha value is -3.96. The Bertz CT molecular complexity index is 1140. The van der Waals surface area contributed by atoms with E-state index in [0.29, 0.717) is 11.1 Å². The fourth-order valence-corrected chi connectivity index (χ4v) is 2.71. The quantitative estimate of drug-likeness (QED) is 0.685. The highest BCUT2D eigenvalue weighted by molar-refractivity contribution is 5.81. The molecule has 3 rings (SSSR count). The topological polar surface area (TPSA) is 77.8 Å². The summed E-state index contributed by atoms with van der Waals surface area (Å²) in [6.45, 7) is 3.78. The molecule has 0 atom stereocenters. The second kappa shape index (κ2) is 7.29. The largest absolute Gasteiger partial charge is 0.293 e. The first-order valence-corrected chi connectivity index (χ1v) is 7.88. The number of hydrogen-bond acceptors (Lipinski definition) is 4. The third-order valence-electron chi connectivity index (χ3n) is 3.96. The van der Waals surface area contributed by atoms with Gasteiger partial charge in [0, 0.05) is 36.1 Å². The molecule has 0 saturated heterocycles. The van der Waals surface area contributed by atoms with E-state index in [1.165, 1.54) is 0 Å². The average Bonchev–Trinajstić information content (AvgIpc) is 2.72. The van der Waals surface area contributed by atoms with Crippen molar-refractivity contribution >= 4 is 5.70 Å². The Morgan fingerprint density at radius 1 is 1.12 bits per heavy atom. The zero-order valence-corrected chi connectivity index (χ0v) is 14.2. The summed E-state index contributed by atoms with van der Waals surface area (Å²) >= 11 is 0. The molecule has 0 unspecified atom stereocenters. The van der Waals surface area contributed by atoms with Crippen molar-refractivity contribution in [2.24, 2.45) is 4.99 Å². The van der Waals surface area contributed by atoms with Gasteiger partial charge in [-0.2, -0.15) is 10.5 Å². The number of aromatic nitrogens is 2. The lowest BCUT2D eigenvalue weighted by atomic mass is 9.99. The molecular weight excluding hydrogens is 322 g/mol. The van der Waals surface area contributed by atoms with Crippen LogP contribution in [0.4, 0.5) is 0 Å². The molecular formula is C21H15N5. The number of nitriles is 2. The third kappa shape index (κ3) is 3.15. The average molecular weight is 337 g/mol. The first kappa shape index (κ1) is 16.9. The molecule has 124 valence electrons. The predicted molar refractivity (Wildman–Crippen MR) is 100 cm³/mol. The Morgan fingerprint density at radius 2 is 1.96 bits per heavy atom. The SMILES string of the molecule is C=C(C#N)n1cc(-c2cccnc2-c2cccc(C#N)c2)cc/c1=N/C. The van der Waals surface area contributed by atoms with E-state index < -0.39 is 0 Å². The molecule has 2 aromatic heterocycles. The van der Waals surface area contributed by atoms with Crippen molar-refractivity contribution in [2.75, 3.05) is 7.05 Å². The predicted octanol–water partition coefficient (Wildman–Crippen LogP) is 3.61. The molecule has 0 fully saturated rings. The summed E-state index contributed by atoms with van der Waals surface area (Å²) in [5, 5.41) is 18.4. The summed E-state index contributed by atoms with van der Waals surface area (Å²) in [5.41, 5.74) is 4.88. The Kier molecular flexibility index (Phi) is 4.74. The first-order valence-electron chi connectivity index (χ1n) is 7.88. The molecule has 5 heteroatoms. The fourth-order valence-electron chi connectivity index (χ4n) is 2.71. The zero-order chi connectivity index (χ0) is 18.5. The van der Waals surface area contributed by atoms with Crippen molar-refractivity contribution < 1.29 is 0 Å². The second-order valence-corrected chi connectivity index (χ2v) is 5.52. The van der Waals surface area contributed by atoms with Gasteiger partial charge in [-0.25, -0.2) is 0 Å². The number of pyridine rings is 2. The van der Waals surface area contributed by atoms with Crippen LogP contribution in [0.3, 0.4) is 0 Å². The van der Waals surface area contributed by atoms with Crippen LogP contribution in [0, 0.1) is 22.7 Å². The van der Waals surface area contributed by atoms with Gasteiger partial charge in [0.1, 0.15) is 17.3 Å². The monoisotopic (exact) mass is 337 g/mol. The summed E-state index contributed by atoms with van der Waals surface area (Å²) in [4.78, 5) is 8.69. The molecule has 0 aliphatic carbocycles.